The Labute approximate surface area is 178 Å². The van der Waals surface area contributed by atoms with E-state index in [0.717, 1.165) is 23.9 Å². The van der Waals surface area contributed by atoms with Gasteiger partial charge >= 0.3 is 0 Å². The number of rotatable bonds is 6. The molecule has 0 spiro atoms. The number of aromatic amines is 1. The summed E-state index contributed by atoms with van der Waals surface area (Å²) in [7, 11) is 0. The lowest BCUT2D eigenvalue weighted by atomic mass is 10.0. The second kappa shape index (κ2) is 8.63. The van der Waals surface area contributed by atoms with Gasteiger partial charge in [0, 0.05) is 60.7 Å². The van der Waals surface area contributed by atoms with Crippen LogP contribution in [0, 0.1) is 5.82 Å². The van der Waals surface area contributed by atoms with E-state index >= 15 is 0 Å². The molecule has 1 amide bonds. The predicted octanol–water partition coefficient (Wildman–Crippen LogP) is 3.72. The highest BCUT2D eigenvalue weighted by molar-refractivity contribution is 6.31. The largest absolute Gasteiger partial charge is 0.489 e. The lowest BCUT2D eigenvalue weighted by Crippen LogP contribution is -2.38. The minimum absolute atomic E-state index is 0.0291. The zero-order valence-electron chi connectivity index (χ0n) is 16.5. The maximum absolute atomic E-state index is 13.5. The summed E-state index contributed by atoms with van der Waals surface area (Å²) < 4.78 is 19.1. The van der Waals surface area contributed by atoms with Crippen LogP contribution in [0.25, 0.3) is 10.9 Å². The van der Waals surface area contributed by atoms with Gasteiger partial charge in [0.1, 0.15) is 24.3 Å². The van der Waals surface area contributed by atoms with Gasteiger partial charge in [-0.25, -0.2) is 4.39 Å². The average Bonchev–Trinajstić information content (AvgIpc) is 3.04. The highest BCUT2D eigenvalue weighted by Gasteiger charge is 2.23. The Morgan fingerprint density at radius 3 is 3.00 bits per heavy atom. The fourth-order valence-electron chi connectivity index (χ4n) is 3.85. The first-order valence-corrected chi connectivity index (χ1v) is 10.2. The first-order valence-electron chi connectivity index (χ1n) is 9.78. The molecule has 158 valence electrons. The third-order valence-electron chi connectivity index (χ3n) is 5.17. The van der Waals surface area contributed by atoms with E-state index in [-0.39, 0.29) is 18.2 Å². The number of β-amino-alcohol motifs (C(OH)–C–C–N with tert-alkyl or cyclic N) is 1. The van der Waals surface area contributed by atoms with Gasteiger partial charge < -0.3 is 20.1 Å². The summed E-state index contributed by atoms with van der Waals surface area (Å²) in [6, 6.07) is 9.70. The highest BCUT2D eigenvalue weighted by Crippen LogP contribution is 2.30. The molecule has 2 aromatic carbocycles. The van der Waals surface area contributed by atoms with E-state index in [9.17, 15) is 14.3 Å². The maximum Gasteiger partial charge on any atom is 0.221 e. The Morgan fingerprint density at radius 2 is 2.20 bits per heavy atom. The van der Waals surface area contributed by atoms with Gasteiger partial charge in [-0.1, -0.05) is 11.6 Å². The zero-order chi connectivity index (χ0) is 21.3. The van der Waals surface area contributed by atoms with E-state index < -0.39 is 11.9 Å². The van der Waals surface area contributed by atoms with Crippen LogP contribution in [-0.2, 0) is 17.8 Å². The summed E-state index contributed by atoms with van der Waals surface area (Å²) in [6.45, 7) is 3.33. The van der Waals surface area contributed by atoms with E-state index in [1.807, 2.05) is 18.2 Å². The molecule has 0 aliphatic carbocycles. The summed E-state index contributed by atoms with van der Waals surface area (Å²) >= 11 is 6.16. The Balaban J connectivity index is 1.39. The normalized spacial score (nSPS) is 15.1. The Hall–Kier alpha value is -2.61. The molecule has 3 aromatic rings. The number of benzene rings is 2. The number of nitrogens with zero attached hydrogens (tertiary/aromatic N) is 1. The molecule has 0 saturated carbocycles. The van der Waals surface area contributed by atoms with Crippen LogP contribution in [0.1, 0.15) is 18.2 Å². The summed E-state index contributed by atoms with van der Waals surface area (Å²) in [4.78, 5) is 16.9. The molecule has 6 nitrogen and oxygen atoms in total. The number of ether oxygens (including phenoxy) is 1. The van der Waals surface area contributed by atoms with Gasteiger partial charge in [-0.2, -0.15) is 0 Å². The SMILES string of the molecule is CC(=O)Nc1cc(F)ccc1OCC(O)CN1CCc2[nH]c3ccc(Cl)cc3c2C1. The van der Waals surface area contributed by atoms with Crippen molar-refractivity contribution in [1.82, 2.24) is 9.88 Å². The molecule has 4 rings (SSSR count). The number of fused-ring (bicyclic) bond motifs is 3. The van der Waals surface area contributed by atoms with E-state index in [2.05, 4.69) is 15.2 Å². The van der Waals surface area contributed by atoms with Crippen molar-refractivity contribution in [3.05, 3.63) is 58.5 Å². The molecule has 1 aliphatic rings. The number of carbonyl (C=O) groups is 1. The molecule has 0 bridgehead atoms. The quantitative estimate of drug-likeness (QED) is 0.556. The van der Waals surface area contributed by atoms with Gasteiger partial charge in [0.25, 0.3) is 0 Å². The van der Waals surface area contributed by atoms with Crippen molar-refractivity contribution in [2.45, 2.75) is 26.0 Å². The van der Waals surface area contributed by atoms with E-state index in [0.29, 0.717) is 23.9 Å². The lowest BCUT2D eigenvalue weighted by molar-refractivity contribution is -0.114. The zero-order valence-corrected chi connectivity index (χ0v) is 17.3. The molecule has 1 aliphatic heterocycles. The number of H-pyrrole nitrogens is 1. The molecule has 1 atom stereocenters. The Morgan fingerprint density at radius 1 is 1.37 bits per heavy atom. The molecule has 0 saturated heterocycles. The average molecular weight is 432 g/mol. The number of carbonyl (C=O) groups excluding carboxylic acids is 1. The van der Waals surface area contributed by atoms with E-state index in [1.54, 1.807) is 0 Å². The topological polar surface area (TPSA) is 77.6 Å². The number of aliphatic hydroxyl groups is 1. The summed E-state index contributed by atoms with van der Waals surface area (Å²) in [6.07, 6.45) is 0.121. The minimum Gasteiger partial charge on any atom is -0.489 e. The Bertz CT molecular complexity index is 1080. The summed E-state index contributed by atoms with van der Waals surface area (Å²) in [5, 5.41) is 14.8. The van der Waals surface area contributed by atoms with Crippen LogP contribution in [-0.4, -0.2) is 46.7 Å². The van der Waals surface area contributed by atoms with Gasteiger partial charge in [0.05, 0.1) is 5.69 Å². The van der Waals surface area contributed by atoms with E-state index in [4.69, 9.17) is 16.3 Å². The third-order valence-corrected chi connectivity index (χ3v) is 5.40. The van der Waals surface area contributed by atoms with Crippen LogP contribution in [0.5, 0.6) is 5.75 Å². The first kappa shape index (κ1) is 20.7. The molecule has 3 N–H and O–H groups in total. The molecule has 8 heteroatoms. The van der Waals surface area contributed by atoms with Gasteiger partial charge in [0.2, 0.25) is 5.91 Å². The molecule has 1 unspecified atom stereocenters. The standard InChI is InChI=1S/C22H23ClFN3O3/c1-13(28)25-21-9-15(24)3-5-22(21)30-12-16(29)10-27-7-6-20-18(11-27)17-8-14(23)2-4-19(17)26-20/h2-5,8-9,16,26,29H,6-7,10-12H2,1H3,(H,25,28). The van der Waals surface area contributed by atoms with Crippen LogP contribution in [0.3, 0.4) is 0 Å². The van der Waals surface area contributed by atoms with E-state index in [1.165, 1.54) is 36.4 Å². The lowest BCUT2D eigenvalue weighted by Gasteiger charge is -2.29. The van der Waals surface area contributed by atoms with Crippen molar-refractivity contribution in [2.24, 2.45) is 0 Å². The van der Waals surface area contributed by atoms with Crippen molar-refractivity contribution >= 4 is 34.1 Å². The number of anilines is 1. The number of hydrogen-bond donors (Lipinski definition) is 3. The molecule has 0 radical (unpaired) electrons. The number of amides is 1. The van der Waals surface area contributed by atoms with Crippen LogP contribution in [0.2, 0.25) is 5.02 Å². The van der Waals surface area contributed by atoms with Gasteiger partial charge in [-0.3, -0.25) is 9.69 Å². The Kier molecular flexibility index (Phi) is 5.94. The van der Waals surface area contributed by atoms with Crippen LogP contribution >= 0.6 is 11.6 Å². The molecule has 0 fully saturated rings. The molecule has 1 aromatic heterocycles. The number of nitrogens with one attached hydrogen (secondary N) is 2. The summed E-state index contributed by atoms with van der Waals surface area (Å²) in [5.41, 5.74) is 3.73. The van der Waals surface area contributed by atoms with Crippen molar-refractivity contribution in [2.75, 3.05) is 25.0 Å². The molecular formula is C22H23ClFN3O3. The monoisotopic (exact) mass is 431 g/mol. The molecule has 2 heterocycles. The second-order valence-corrected chi connectivity index (χ2v) is 7.98. The fourth-order valence-corrected chi connectivity index (χ4v) is 4.02. The number of aromatic nitrogens is 1. The third kappa shape index (κ3) is 4.59. The number of halogens is 2. The van der Waals surface area contributed by atoms with Gasteiger partial charge in [0.15, 0.2) is 0 Å². The highest BCUT2D eigenvalue weighted by atomic mass is 35.5. The smallest absolute Gasteiger partial charge is 0.221 e. The molecule has 30 heavy (non-hydrogen) atoms. The first-order chi connectivity index (χ1) is 14.4. The van der Waals surface area contributed by atoms with Gasteiger partial charge in [-0.15, -0.1) is 0 Å². The maximum atomic E-state index is 13.5. The predicted molar refractivity (Wildman–Crippen MR) is 114 cm³/mol. The van der Waals surface area contributed by atoms with Crippen molar-refractivity contribution in [1.29, 1.82) is 0 Å². The van der Waals surface area contributed by atoms with Crippen molar-refractivity contribution in [3.8, 4) is 5.75 Å². The minimum atomic E-state index is -0.740. The number of aliphatic hydroxyl groups excluding tert-OH is 1. The van der Waals surface area contributed by atoms with Crippen molar-refractivity contribution < 1.29 is 19.0 Å². The fraction of sp³-hybridized carbons (Fsp3) is 0.318. The van der Waals surface area contributed by atoms with Crippen LogP contribution in [0.4, 0.5) is 10.1 Å². The summed E-state index contributed by atoms with van der Waals surface area (Å²) in [5.74, 6) is -0.485. The second-order valence-electron chi connectivity index (χ2n) is 7.54. The van der Waals surface area contributed by atoms with Crippen LogP contribution < -0.4 is 10.1 Å². The molecular weight excluding hydrogens is 409 g/mol. The van der Waals surface area contributed by atoms with Gasteiger partial charge in [-0.05, 0) is 35.9 Å². The number of hydrogen-bond acceptors (Lipinski definition) is 4. The van der Waals surface area contributed by atoms with Crippen LogP contribution in [0.15, 0.2) is 36.4 Å². The van der Waals surface area contributed by atoms with Crippen molar-refractivity contribution in [3.63, 3.8) is 0 Å².